The SMILES string of the molecule is Cc1cc(C)c(S(=O)(=O)N[C@@H](Cc2ccc(-c3cccc(NC(=O)Nc4cc(C(C)(C)C)on4)c3)cc2)C(=O)O)c(C)c1. The molecular weight excluding hydrogens is 568 g/mol. The summed E-state index contributed by atoms with van der Waals surface area (Å²) in [6.07, 6.45) is -0.0421. The fraction of sp³-hybridized carbons (Fsp3) is 0.281. The second kappa shape index (κ2) is 12.4. The molecule has 1 heterocycles. The Kier molecular flexibility index (Phi) is 9.07. The van der Waals surface area contributed by atoms with Crippen molar-refractivity contribution in [2.75, 3.05) is 10.6 Å². The zero-order valence-corrected chi connectivity index (χ0v) is 25.8. The first-order valence-corrected chi connectivity index (χ1v) is 15.2. The summed E-state index contributed by atoms with van der Waals surface area (Å²) in [5, 5.41) is 19.2. The van der Waals surface area contributed by atoms with Crippen LogP contribution in [0.25, 0.3) is 11.1 Å². The molecule has 3 aromatic carbocycles. The minimum absolute atomic E-state index is 0.0421. The molecule has 4 rings (SSSR count). The van der Waals surface area contributed by atoms with Crippen molar-refractivity contribution in [1.29, 1.82) is 0 Å². The molecule has 226 valence electrons. The topological polar surface area (TPSA) is 151 Å². The van der Waals surface area contributed by atoms with Gasteiger partial charge in [-0.1, -0.05) is 80.0 Å². The Bertz CT molecular complexity index is 1730. The van der Waals surface area contributed by atoms with E-state index in [0.717, 1.165) is 16.7 Å². The maximum Gasteiger partial charge on any atom is 0.324 e. The van der Waals surface area contributed by atoms with Crippen molar-refractivity contribution >= 4 is 33.5 Å². The monoisotopic (exact) mass is 604 g/mol. The molecule has 0 saturated heterocycles. The summed E-state index contributed by atoms with van der Waals surface area (Å²) in [5.41, 5.74) is 4.65. The highest BCUT2D eigenvalue weighted by molar-refractivity contribution is 7.89. The molecule has 10 nitrogen and oxygen atoms in total. The molecule has 0 aliphatic rings. The van der Waals surface area contributed by atoms with Gasteiger partial charge in [0.05, 0.1) is 4.90 Å². The lowest BCUT2D eigenvalue weighted by Crippen LogP contribution is -2.42. The van der Waals surface area contributed by atoms with Crippen LogP contribution in [0.1, 0.15) is 48.8 Å². The third-order valence-corrected chi connectivity index (χ3v) is 8.58. The van der Waals surface area contributed by atoms with Crippen LogP contribution in [-0.2, 0) is 26.7 Å². The number of rotatable bonds is 9. The second-order valence-corrected chi connectivity index (χ2v) is 13.3. The molecule has 0 spiro atoms. The van der Waals surface area contributed by atoms with Gasteiger partial charge in [-0.15, -0.1) is 0 Å². The average molecular weight is 605 g/mol. The minimum atomic E-state index is -4.07. The largest absolute Gasteiger partial charge is 0.480 e. The number of amides is 2. The Hall–Kier alpha value is -4.48. The van der Waals surface area contributed by atoms with Crippen LogP contribution in [0.2, 0.25) is 0 Å². The zero-order valence-electron chi connectivity index (χ0n) is 25.0. The predicted octanol–water partition coefficient (Wildman–Crippen LogP) is 6.18. The standard InChI is InChI=1S/C32H36N4O6S/c1-19-14-20(2)29(21(3)15-19)43(40,41)36-26(30(37)38)16-22-10-12-23(13-11-22)24-8-7-9-25(17-24)33-31(39)34-28-18-27(42-35-28)32(4,5)6/h7-15,17-18,26,36H,16H2,1-6H3,(H,37,38)(H2,33,34,35,39)/t26-/m0/s1. The Labute approximate surface area is 251 Å². The van der Waals surface area contributed by atoms with E-state index in [2.05, 4.69) is 20.5 Å². The molecule has 0 saturated carbocycles. The second-order valence-electron chi connectivity index (χ2n) is 11.6. The van der Waals surface area contributed by atoms with Gasteiger partial charge in [0, 0.05) is 17.2 Å². The lowest BCUT2D eigenvalue weighted by Gasteiger charge is -2.18. The number of sulfonamides is 1. The first-order chi connectivity index (χ1) is 20.1. The molecule has 1 aromatic heterocycles. The van der Waals surface area contributed by atoms with Crippen LogP contribution in [0.4, 0.5) is 16.3 Å². The third-order valence-electron chi connectivity index (χ3n) is 6.81. The minimum Gasteiger partial charge on any atom is -0.480 e. The molecule has 0 bridgehead atoms. The Morgan fingerprint density at radius 3 is 2.14 bits per heavy atom. The van der Waals surface area contributed by atoms with Crippen molar-refractivity contribution in [2.24, 2.45) is 0 Å². The van der Waals surface area contributed by atoms with Crippen molar-refractivity contribution in [3.05, 3.63) is 94.7 Å². The number of carbonyl (C=O) groups is 2. The number of aryl methyl sites for hydroxylation is 3. The zero-order chi connectivity index (χ0) is 31.5. The van der Waals surface area contributed by atoms with Gasteiger partial charge >= 0.3 is 12.0 Å². The summed E-state index contributed by atoms with van der Waals surface area (Å²) in [5.74, 6) is -0.315. The Morgan fingerprint density at radius 2 is 1.56 bits per heavy atom. The van der Waals surface area contributed by atoms with Crippen molar-refractivity contribution in [2.45, 2.75) is 64.3 Å². The van der Waals surface area contributed by atoms with E-state index in [9.17, 15) is 23.1 Å². The fourth-order valence-corrected chi connectivity index (χ4v) is 6.47. The van der Waals surface area contributed by atoms with Crippen molar-refractivity contribution in [3.8, 4) is 11.1 Å². The van der Waals surface area contributed by atoms with Crippen molar-refractivity contribution < 1.29 is 27.6 Å². The number of benzene rings is 3. The highest BCUT2D eigenvalue weighted by Gasteiger charge is 2.28. The van der Waals surface area contributed by atoms with Crippen LogP contribution in [0.5, 0.6) is 0 Å². The summed E-state index contributed by atoms with van der Waals surface area (Å²) in [4.78, 5) is 24.7. The van der Waals surface area contributed by atoms with E-state index in [0.29, 0.717) is 34.0 Å². The van der Waals surface area contributed by atoms with E-state index in [1.165, 1.54) is 0 Å². The number of carboxylic acids is 1. The smallest absolute Gasteiger partial charge is 0.324 e. The number of hydrogen-bond acceptors (Lipinski definition) is 6. The number of aromatic nitrogens is 1. The van der Waals surface area contributed by atoms with Crippen LogP contribution in [0.3, 0.4) is 0 Å². The van der Waals surface area contributed by atoms with Gasteiger partial charge in [-0.3, -0.25) is 10.1 Å². The number of anilines is 2. The molecule has 0 radical (unpaired) electrons. The number of hydrogen-bond donors (Lipinski definition) is 4. The van der Waals surface area contributed by atoms with Crippen LogP contribution >= 0.6 is 0 Å². The van der Waals surface area contributed by atoms with Gasteiger partial charge in [0.1, 0.15) is 11.8 Å². The van der Waals surface area contributed by atoms with Crippen LogP contribution in [-0.4, -0.2) is 36.7 Å². The van der Waals surface area contributed by atoms with E-state index >= 15 is 0 Å². The summed E-state index contributed by atoms with van der Waals surface area (Å²) in [6, 6.07) is 17.8. The molecular formula is C32H36N4O6S. The fourth-order valence-electron chi connectivity index (χ4n) is 4.83. The third kappa shape index (κ3) is 7.88. The molecule has 1 atom stereocenters. The number of carbonyl (C=O) groups excluding carboxylic acids is 1. The number of nitrogens with one attached hydrogen (secondary N) is 3. The maximum absolute atomic E-state index is 13.2. The van der Waals surface area contributed by atoms with Crippen molar-refractivity contribution in [1.82, 2.24) is 9.88 Å². The van der Waals surface area contributed by atoms with Gasteiger partial charge < -0.3 is 14.9 Å². The lowest BCUT2D eigenvalue weighted by molar-refractivity contribution is -0.138. The van der Waals surface area contributed by atoms with Gasteiger partial charge in [-0.2, -0.15) is 4.72 Å². The maximum atomic E-state index is 13.2. The van der Waals surface area contributed by atoms with E-state index in [-0.39, 0.29) is 16.7 Å². The first kappa shape index (κ1) is 31.5. The van der Waals surface area contributed by atoms with Crippen LogP contribution in [0, 0.1) is 20.8 Å². The Morgan fingerprint density at radius 1 is 0.907 bits per heavy atom. The van der Waals surface area contributed by atoms with Crippen LogP contribution in [0.15, 0.2) is 76.1 Å². The molecule has 0 aliphatic heterocycles. The Balaban J connectivity index is 1.43. The van der Waals surface area contributed by atoms with Gasteiger partial charge in [-0.05, 0) is 67.1 Å². The summed E-state index contributed by atoms with van der Waals surface area (Å²) in [6.45, 7) is 11.2. The number of aliphatic carboxylic acids is 1. The van der Waals surface area contributed by atoms with Gasteiger partial charge in [-0.25, -0.2) is 13.2 Å². The van der Waals surface area contributed by atoms with Crippen molar-refractivity contribution in [3.63, 3.8) is 0 Å². The average Bonchev–Trinajstić information content (AvgIpc) is 3.37. The molecule has 0 unspecified atom stereocenters. The summed E-state index contributed by atoms with van der Waals surface area (Å²) < 4.78 is 34.0. The lowest BCUT2D eigenvalue weighted by atomic mass is 9.93. The van der Waals surface area contributed by atoms with E-state index in [1.54, 1.807) is 62.4 Å². The van der Waals surface area contributed by atoms with Gasteiger partial charge in [0.25, 0.3) is 0 Å². The molecule has 11 heteroatoms. The predicted molar refractivity (Wildman–Crippen MR) is 166 cm³/mol. The molecule has 0 aliphatic carbocycles. The number of nitrogens with zero attached hydrogens (tertiary/aromatic N) is 1. The highest BCUT2D eigenvalue weighted by atomic mass is 32.2. The number of carboxylic acid groups (broad SMARTS) is 1. The van der Waals surface area contributed by atoms with E-state index in [4.69, 9.17) is 4.52 Å². The normalized spacial score (nSPS) is 12.5. The summed E-state index contributed by atoms with van der Waals surface area (Å²) >= 11 is 0. The molecule has 0 fully saturated rings. The van der Waals surface area contributed by atoms with Gasteiger partial charge in [0.15, 0.2) is 5.82 Å². The van der Waals surface area contributed by atoms with E-state index < -0.39 is 28.1 Å². The quantitative estimate of drug-likeness (QED) is 0.178. The number of urea groups is 1. The molecule has 43 heavy (non-hydrogen) atoms. The first-order valence-electron chi connectivity index (χ1n) is 13.7. The van der Waals surface area contributed by atoms with Gasteiger partial charge in [0.2, 0.25) is 10.0 Å². The van der Waals surface area contributed by atoms with E-state index in [1.807, 2.05) is 45.9 Å². The summed E-state index contributed by atoms with van der Waals surface area (Å²) in [7, 11) is -4.07. The molecule has 2 amide bonds. The highest BCUT2D eigenvalue weighted by Crippen LogP contribution is 2.26. The molecule has 4 aromatic rings. The molecule has 4 N–H and O–H groups in total. The van der Waals surface area contributed by atoms with Crippen LogP contribution < -0.4 is 15.4 Å².